The van der Waals surface area contributed by atoms with Gasteiger partial charge in [0, 0.05) is 28.0 Å². The van der Waals surface area contributed by atoms with Crippen molar-refractivity contribution >= 4 is 79.1 Å². The average Bonchev–Trinajstić information content (AvgIpc) is 3.39. The first-order valence-electron chi connectivity index (χ1n) is 18.0. The fourth-order valence-electron chi connectivity index (χ4n) is 7.27. The summed E-state index contributed by atoms with van der Waals surface area (Å²) < 4.78 is 6.93. The van der Waals surface area contributed by atoms with Gasteiger partial charge in [0.05, 0.1) is 23.0 Å². The summed E-state index contributed by atoms with van der Waals surface area (Å²) in [5.41, 5.74) is 5.12. The summed E-state index contributed by atoms with van der Waals surface area (Å²) in [5, 5.41) is 26.8. The highest BCUT2D eigenvalue weighted by atomic mass is 79.9. The molecule has 1 saturated heterocycles. The lowest BCUT2D eigenvalue weighted by molar-refractivity contribution is -0.146. The molecule has 1 unspecified atom stereocenters. The second kappa shape index (κ2) is 16.6. The van der Waals surface area contributed by atoms with Crippen LogP contribution in [0.25, 0.3) is 0 Å². The number of carbonyl (C=O) groups excluding carboxylic acids is 4. The fourth-order valence-corrected chi connectivity index (χ4v) is 8.14. The van der Waals surface area contributed by atoms with Gasteiger partial charge in [0.1, 0.15) is 23.7 Å². The van der Waals surface area contributed by atoms with Crippen LogP contribution in [0, 0.1) is 11.3 Å². The molecular weight excluding hydrogens is 844 g/mol. The molecule has 55 heavy (non-hydrogen) atoms. The second-order valence-corrected chi connectivity index (χ2v) is 17.0. The zero-order valence-electron chi connectivity index (χ0n) is 30.8. The molecule has 5 atom stereocenters. The summed E-state index contributed by atoms with van der Waals surface area (Å²) in [5.74, 6) is -3.77. The van der Waals surface area contributed by atoms with Crippen LogP contribution in [0.4, 0.5) is 21.0 Å². The van der Waals surface area contributed by atoms with E-state index in [0.717, 1.165) is 35.7 Å². The third-order valence-corrected chi connectivity index (χ3v) is 11.9. The molecule has 4 aliphatic rings. The lowest BCUT2D eigenvalue weighted by Gasteiger charge is -2.36. The maximum atomic E-state index is 14.3. The Morgan fingerprint density at radius 2 is 1.73 bits per heavy atom. The number of urea groups is 1. The molecule has 6 rings (SSSR count). The number of nitrogen functional groups attached to an aromatic ring is 1. The molecule has 5 amide bonds. The number of benzene rings is 2. The molecule has 2 saturated carbocycles. The minimum atomic E-state index is -1.49. The second-order valence-electron chi connectivity index (χ2n) is 15.3. The summed E-state index contributed by atoms with van der Waals surface area (Å²) in [6.07, 6.45) is 4.37. The Morgan fingerprint density at radius 1 is 1.07 bits per heavy atom. The van der Waals surface area contributed by atoms with Crippen molar-refractivity contribution in [3.8, 4) is 0 Å². The van der Waals surface area contributed by atoms with Crippen LogP contribution in [0.3, 0.4) is 0 Å². The molecule has 15 nitrogen and oxygen atoms in total. The van der Waals surface area contributed by atoms with E-state index in [-0.39, 0.29) is 49.3 Å². The molecule has 296 valence electrons. The molecular formula is C38H46Br2N6O9. The largest absolute Gasteiger partial charge is 0.479 e. The van der Waals surface area contributed by atoms with E-state index >= 15 is 0 Å². The molecule has 2 aromatic rings. The number of likely N-dealkylation sites (tertiary alicyclic amines) is 1. The molecule has 3 fully saturated rings. The van der Waals surface area contributed by atoms with Crippen molar-refractivity contribution < 1.29 is 43.7 Å². The van der Waals surface area contributed by atoms with Gasteiger partial charge in [-0.1, -0.05) is 45.0 Å². The molecule has 2 aliphatic carbocycles. The summed E-state index contributed by atoms with van der Waals surface area (Å²) in [6, 6.07) is 7.32. The van der Waals surface area contributed by atoms with Crippen LogP contribution in [0.15, 0.2) is 58.0 Å². The van der Waals surface area contributed by atoms with E-state index in [2.05, 4.69) is 54.4 Å². The predicted octanol–water partition coefficient (Wildman–Crippen LogP) is 5.72. The minimum absolute atomic E-state index is 0.0184. The average molecular weight is 891 g/mol. The first-order valence-corrected chi connectivity index (χ1v) is 19.5. The molecule has 2 heterocycles. The van der Waals surface area contributed by atoms with Gasteiger partial charge in [-0.15, -0.1) is 6.58 Å². The standard InChI is InChI=1S/C31H40BrN5O7.C7H6BrNO2/c1-5-18-14-31(18,27(40)41)35-25(38)22-13-19(36-15-17-9-8-12-21(32)23(17)33-28(36)42)16-37(22)26(39)24(30(2,3)4)34-29(43)44-20-10-6-7-11-20;8-5-3-1-2-4(6(5)9)7(10)11/h5,8-9,12,18-20,22,24H,1,6-7,10-11,13-16H2,2-4H3,(H,33,42)(H,34,43)(H,35,38)(H,40,41);1-3H,9H2,(H,10,11)/t18-,19-,22?,24-,31-;/m1./s1. The number of rotatable bonds is 9. The summed E-state index contributed by atoms with van der Waals surface area (Å²) >= 11 is 6.59. The first-order chi connectivity index (χ1) is 25.9. The summed E-state index contributed by atoms with van der Waals surface area (Å²) in [6.45, 7) is 9.37. The van der Waals surface area contributed by atoms with Gasteiger partial charge in [-0.25, -0.2) is 19.2 Å². The number of hydrogen-bond donors (Lipinski definition) is 6. The summed E-state index contributed by atoms with van der Waals surface area (Å²) in [7, 11) is 0. The number of nitrogens with one attached hydrogen (secondary N) is 3. The minimum Gasteiger partial charge on any atom is -0.479 e. The number of halogens is 2. The maximum absolute atomic E-state index is 14.3. The van der Waals surface area contributed by atoms with Crippen LogP contribution in [-0.4, -0.2) is 92.2 Å². The molecule has 0 radical (unpaired) electrons. The Bertz CT molecular complexity index is 1880. The Kier molecular flexibility index (Phi) is 12.5. The fraction of sp³-hybridized carbons (Fsp3) is 0.474. The number of carboxylic acid groups (broad SMARTS) is 2. The van der Waals surface area contributed by atoms with E-state index in [1.165, 1.54) is 17.0 Å². The Hall–Kier alpha value is -4.64. The lowest BCUT2D eigenvalue weighted by Crippen LogP contribution is -2.59. The maximum Gasteiger partial charge on any atom is 0.408 e. The van der Waals surface area contributed by atoms with Crippen LogP contribution in [0.1, 0.15) is 75.2 Å². The zero-order valence-corrected chi connectivity index (χ0v) is 33.9. The van der Waals surface area contributed by atoms with Crippen molar-refractivity contribution in [3.63, 3.8) is 0 Å². The van der Waals surface area contributed by atoms with Crippen molar-refractivity contribution in [3.05, 3.63) is 69.1 Å². The number of hydrogen-bond acceptors (Lipinski definition) is 8. The van der Waals surface area contributed by atoms with Crippen molar-refractivity contribution in [2.75, 3.05) is 17.6 Å². The molecule has 7 N–H and O–H groups in total. The highest BCUT2D eigenvalue weighted by Gasteiger charge is 2.61. The number of carboxylic acids is 2. The van der Waals surface area contributed by atoms with Gasteiger partial charge in [-0.2, -0.15) is 0 Å². The molecule has 2 aromatic carbocycles. The van der Waals surface area contributed by atoms with Crippen molar-refractivity contribution in [2.45, 2.75) is 95.6 Å². The van der Waals surface area contributed by atoms with E-state index in [0.29, 0.717) is 10.2 Å². The van der Waals surface area contributed by atoms with Crippen molar-refractivity contribution in [2.24, 2.45) is 11.3 Å². The number of amides is 5. The van der Waals surface area contributed by atoms with Gasteiger partial charge in [-0.3, -0.25) is 9.59 Å². The van der Waals surface area contributed by atoms with Crippen LogP contribution in [0.5, 0.6) is 0 Å². The molecule has 0 bridgehead atoms. The van der Waals surface area contributed by atoms with E-state index in [9.17, 15) is 33.9 Å². The number of nitrogens with zero attached hydrogens (tertiary/aromatic N) is 2. The Balaban J connectivity index is 0.000000454. The number of aromatic carboxylic acids is 1. The van der Waals surface area contributed by atoms with E-state index in [1.54, 1.807) is 37.8 Å². The molecule has 0 aromatic heterocycles. The molecule has 17 heteroatoms. The number of para-hydroxylation sites is 2. The molecule has 0 spiro atoms. The van der Waals surface area contributed by atoms with Gasteiger partial charge >= 0.3 is 24.1 Å². The van der Waals surface area contributed by atoms with E-state index in [4.69, 9.17) is 15.6 Å². The third kappa shape index (κ3) is 9.09. The number of alkyl carbamates (subject to hydrolysis) is 1. The van der Waals surface area contributed by atoms with Crippen LogP contribution >= 0.6 is 31.9 Å². The monoisotopic (exact) mass is 888 g/mol. The van der Waals surface area contributed by atoms with E-state index in [1.807, 2.05) is 18.2 Å². The lowest BCUT2D eigenvalue weighted by atomic mass is 9.85. The third-order valence-electron chi connectivity index (χ3n) is 10.5. The predicted molar refractivity (Wildman–Crippen MR) is 210 cm³/mol. The smallest absolute Gasteiger partial charge is 0.408 e. The van der Waals surface area contributed by atoms with Crippen molar-refractivity contribution in [1.82, 2.24) is 20.4 Å². The topological polar surface area (TPSA) is 221 Å². The quantitative estimate of drug-likeness (QED) is 0.133. The van der Waals surface area contributed by atoms with Crippen molar-refractivity contribution in [1.29, 1.82) is 0 Å². The highest BCUT2D eigenvalue weighted by molar-refractivity contribution is 9.11. The van der Waals surface area contributed by atoms with E-state index < -0.39 is 64.8 Å². The number of nitrogens with two attached hydrogens (primary N) is 1. The Labute approximate surface area is 335 Å². The number of aliphatic carboxylic acids is 1. The Morgan fingerprint density at radius 3 is 2.31 bits per heavy atom. The van der Waals surface area contributed by atoms with Gasteiger partial charge in [-0.05, 0) is 99.6 Å². The number of ether oxygens (including phenoxy) is 1. The van der Waals surface area contributed by atoms with Gasteiger partial charge in [0.2, 0.25) is 11.8 Å². The normalized spacial score (nSPS) is 23.7. The van der Waals surface area contributed by atoms with Crippen LogP contribution < -0.4 is 21.7 Å². The number of fused-ring (bicyclic) bond motifs is 1. The van der Waals surface area contributed by atoms with Gasteiger partial charge < -0.3 is 46.4 Å². The first kappa shape index (κ1) is 41.5. The summed E-state index contributed by atoms with van der Waals surface area (Å²) in [4.78, 5) is 79.9. The zero-order chi connectivity index (χ0) is 40.4. The molecule has 2 aliphatic heterocycles. The van der Waals surface area contributed by atoms with Crippen LogP contribution in [0.2, 0.25) is 0 Å². The SMILES string of the molecule is C=C[C@@H]1C[C@]1(NC(=O)C1C[C@@H](N2Cc3cccc(Br)c3NC2=O)CN1C(=O)[C@@H](NC(=O)OC1CCCC1)C(C)(C)C)C(=O)O.Nc1c(Br)cccc1C(=O)O. The number of anilines is 2. The van der Waals surface area contributed by atoms with Gasteiger partial charge in [0.25, 0.3) is 0 Å². The number of carbonyl (C=O) groups is 6. The highest BCUT2D eigenvalue weighted by Crippen LogP contribution is 2.45. The van der Waals surface area contributed by atoms with Gasteiger partial charge in [0.15, 0.2) is 0 Å². The van der Waals surface area contributed by atoms with Crippen LogP contribution in [-0.2, 0) is 25.7 Å².